The van der Waals surface area contributed by atoms with Crippen LogP contribution in [-0.2, 0) is 28.9 Å². The molecule has 1 aliphatic rings. The zero-order valence-corrected chi connectivity index (χ0v) is 16.1. The van der Waals surface area contributed by atoms with Crippen molar-refractivity contribution < 1.29 is 19.2 Å². The number of carbonyl (C=O) groups is 2. The smallest absolute Gasteiger partial charge is 0.341 e. The number of hydrogen-bond donors (Lipinski definition) is 2. The summed E-state index contributed by atoms with van der Waals surface area (Å²) in [4.78, 5) is 27.5. The van der Waals surface area contributed by atoms with Gasteiger partial charge in [-0.25, -0.2) is 4.79 Å². The molecule has 1 aromatic carbocycles. The molecule has 0 saturated heterocycles. The summed E-state index contributed by atoms with van der Waals surface area (Å²) in [5.74, 6) is -0.401. The number of thiophene rings is 1. The Morgan fingerprint density at radius 3 is 2.77 bits per heavy atom. The van der Waals surface area contributed by atoms with Gasteiger partial charge in [0.1, 0.15) is 11.5 Å². The van der Waals surface area contributed by atoms with E-state index in [1.165, 1.54) is 21.1 Å². The first-order chi connectivity index (χ1) is 12.6. The van der Waals surface area contributed by atoms with Gasteiger partial charge in [0, 0.05) is 12.8 Å². The van der Waals surface area contributed by atoms with E-state index in [1.807, 2.05) is 30.3 Å². The highest BCUT2D eigenvalue weighted by Crippen LogP contribution is 2.35. The zero-order valence-electron chi connectivity index (χ0n) is 15.3. The number of hydrogen-bond acceptors (Lipinski definition) is 4. The molecule has 0 bridgehead atoms. The van der Waals surface area contributed by atoms with Gasteiger partial charge in [-0.1, -0.05) is 30.3 Å². The number of aryl methyl sites for hydroxylation is 1. The Hall–Kier alpha value is -2.18. The molecule has 2 heterocycles. The maximum atomic E-state index is 12.5. The van der Waals surface area contributed by atoms with Crippen LogP contribution in [0.3, 0.4) is 0 Å². The van der Waals surface area contributed by atoms with Crippen molar-refractivity contribution in [3.8, 4) is 0 Å². The molecule has 3 rings (SSSR count). The first-order valence-corrected chi connectivity index (χ1v) is 9.86. The Labute approximate surface area is 158 Å². The van der Waals surface area contributed by atoms with E-state index in [0.29, 0.717) is 30.0 Å². The summed E-state index contributed by atoms with van der Waals surface area (Å²) in [6, 6.07) is 9.93. The molecule has 6 heteroatoms. The quantitative estimate of drug-likeness (QED) is 0.762. The van der Waals surface area contributed by atoms with Crippen LogP contribution in [0.1, 0.15) is 39.7 Å². The summed E-state index contributed by atoms with van der Waals surface area (Å²) in [6.45, 7) is 3.99. The number of likely N-dealkylation sites (N-methyl/N-ethyl adjacent to an activating group) is 1. The maximum Gasteiger partial charge on any atom is 0.341 e. The summed E-state index contributed by atoms with van der Waals surface area (Å²) in [6.07, 6.45) is 1.91. The molecule has 1 atom stereocenters. The van der Waals surface area contributed by atoms with Crippen molar-refractivity contribution in [3.05, 3.63) is 51.9 Å². The number of carbonyl (C=O) groups excluding carboxylic acids is 2. The largest absolute Gasteiger partial charge is 0.462 e. The van der Waals surface area contributed by atoms with Gasteiger partial charge in [-0.05, 0) is 24.5 Å². The first kappa shape index (κ1) is 18.6. The molecule has 2 N–H and O–H groups in total. The van der Waals surface area contributed by atoms with Gasteiger partial charge >= 0.3 is 5.97 Å². The Morgan fingerprint density at radius 2 is 2.04 bits per heavy atom. The second kappa shape index (κ2) is 8.47. The van der Waals surface area contributed by atoms with Gasteiger partial charge in [0.25, 0.3) is 0 Å². The zero-order chi connectivity index (χ0) is 18.5. The highest BCUT2D eigenvalue weighted by molar-refractivity contribution is 7.17. The minimum atomic E-state index is -0.331. The van der Waals surface area contributed by atoms with Crippen LogP contribution in [0.5, 0.6) is 0 Å². The van der Waals surface area contributed by atoms with Gasteiger partial charge in [0.2, 0.25) is 5.91 Å². The van der Waals surface area contributed by atoms with Crippen molar-refractivity contribution in [2.24, 2.45) is 0 Å². The molecule has 0 fully saturated rings. The number of nitrogens with one attached hydrogen (secondary N) is 2. The third kappa shape index (κ3) is 4.31. The topological polar surface area (TPSA) is 59.8 Å². The number of amides is 1. The average molecular weight is 373 g/mol. The van der Waals surface area contributed by atoms with Crippen molar-refractivity contribution in [2.75, 3.05) is 25.5 Å². The first-order valence-electron chi connectivity index (χ1n) is 9.05. The molecule has 138 valence electrons. The second-order valence-electron chi connectivity index (χ2n) is 6.60. The van der Waals surface area contributed by atoms with E-state index in [4.69, 9.17) is 4.74 Å². The predicted molar refractivity (Wildman–Crippen MR) is 103 cm³/mol. The minimum absolute atomic E-state index is 0.0706. The van der Waals surface area contributed by atoms with E-state index in [0.717, 1.165) is 30.6 Å². The minimum Gasteiger partial charge on any atom is -0.462 e. The lowest BCUT2D eigenvalue weighted by molar-refractivity contribution is -0.895. The van der Waals surface area contributed by atoms with Crippen molar-refractivity contribution in [1.82, 2.24) is 0 Å². The lowest BCUT2D eigenvalue weighted by atomic mass is 10.0. The summed E-state index contributed by atoms with van der Waals surface area (Å²) >= 11 is 1.52. The van der Waals surface area contributed by atoms with E-state index in [2.05, 4.69) is 12.4 Å². The normalized spacial score (nSPS) is 16.0. The Morgan fingerprint density at radius 1 is 1.27 bits per heavy atom. The molecular formula is C20H25N2O3S+. The highest BCUT2D eigenvalue weighted by atomic mass is 32.1. The number of quaternary nitrogens is 1. The van der Waals surface area contributed by atoms with E-state index in [9.17, 15) is 9.59 Å². The van der Waals surface area contributed by atoms with Crippen molar-refractivity contribution >= 4 is 28.2 Å². The summed E-state index contributed by atoms with van der Waals surface area (Å²) < 4.78 is 5.24. The summed E-state index contributed by atoms with van der Waals surface area (Å²) in [5, 5.41) is 3.60. The number of benzene rings is 1. The fourth-order valence-electron chi connectivity index (χ4n) is 3.22. The van der Waals surface area contributed by atoms with Gasteiger partial charge < -0.3 is 15.0 Å². The van der Waals surface area contributed by atoms with Crippen molar-refractivity contribution in [3.63, 3.8) is 0 Å². The molecule has 0 aliphatic carbocycles. The number of ether oxygens (including phenoxy) is 1. The number of esters is 1. The highest BCUT2D eigenvalue weighted by Gasteiger charge is 2.30. The second-order valence-corrected chi connectivity index (χ2v) is 7.70. The van der Waals surface area contributed by atoms with Crippen molar-refractivity contribution in [2.45, 2.75) is 32.7 Å². The van der Waals surface area contributed by atoms with Crippen molar-refractivity contribution in [1.29, 1.82) is 0 Å². The Balaban J connectivity index is 1.75. The van der Waals surface area contributed by atoms with Gasteiger partial charge in [0.15, 0.2) is 0 Å². The van der Waals surface area contributed by atoms with E-state index in [1.54, 1.807) is 6.92 Å². The Kier molecular flexibility index (Phi) is 6.06. The number of rotatable bonds is 6. The standard InChI is InChI=1S/C20H24N2O3S/c1-3-25-20(24)18-15-11-12-22(2)13-16(15)26-19(18)21-17(23)10-9-14-7-5-4-6-8-14/h4-8H,3,9-13H2,1-2H3,(H,21,23)/p+1. The molecule has 1 aromatic heterocycles. The molecule has 0 spiro atoms. The van der Waals surface area contributed by atoms with Crippen LogP contribution in [-0.4, -0.2) is 32.1 Å². The van der Waals surface area contributed by atoms with Crippen LogP contribution >= 0.6 is 11.3 Å². The Bertz CT molecular complexity index is 786. The maximum absolute atomic E-state index is 12.5. The van der Waals surface area contributed by atoms with E-state index >= 15 is 0 Å². The molecule has 26 heavy (non-hydrogen) atoms. The van der Waals surface area contributed by atoms with E-state index in [-0.39, 0.29) is 11.9 Å². The molecule has 1 aliphatic heterocycles. The predicted octanol–water partition coefficient (Wildman–Crippen LogP) is 2.07. The summed E-state index contributed by atoms with van der Waals surface area (Å²) in [5.41, 5.74) is 2.74. The molecule has 0 saturated carbocycles. The fraction of sp³-hybridized carbons (Fsp3) is 0.400. The summed E-state index contributed by atoms with van der Waals surface area (Å²) in [7, 11) is 2.14. The number of anilines is 1. The SMILES string of the molecule is CCOC(=O)c1c(NC(=O)CCc2ccccc2)sc2c1CC[NH+](C)C2. The third-order valence-electron chi connectivity index (χ3n) is 4.57. The molecule has 1 unspecified atom stereocenters. The molecular weight excluding hydrogens is 348 g/mol. The van der Waals surface area contributed by atoms with Gasteiger partial charge in [0.05, 0.1) is 30.6 Å². The molecule has 0 radical (unpaired) electrons. The number of fused-ring (bicyclic) bond motifs is 1. The lowest BCUT2D eigenvalue weighted by Gasteiger charge is -2.19. The van der Waals surface area contributed by atoms with Crippen LogP contribution in [0.2, 0.25) is 0 Å². The fourth-order valence-corrected chi connectivity index (χ4v) is 4.58. The van der Waals surface area contributed by atoms with Crippen LogP contribution in [0.15, 0.2) is 30.3 Å². The van der Waals surface area contributed by atoms with Gasteiger partial charge in [-0.15, -0.1) is 11.3 Å². The molecule has 1 amide bonds. The van der Waals surface area contributed by atoms with Crippen LogP contribution in [0, 0.1) is 0 Å². The van der Waals surface area contributed by atoms with E-state index < -0.39 is 0 Å². The third-order valence-corrected chi connectivity index (χ3v) is 5.72. The van der Waals surface area contributed by atoms with Gasteiger partial charge in [-0.2, -0.15) is 0 Å². The van der Waals surface area contributed by atoms with Gasteiger partial charge in [-0.3, -0.25) is 4.79 Å². The molecule has 2 aromatic rings. The average Bonchev–Trinajstić information content (AvgIpc) is 2.98. The van der Waals surface area contributed by atoms with Crippen LogP contribution < -0.4 is 10.2 Å². The van der Waals surface area contributed by atoms with Crippen LogP contribution in [0.4, 0.5) is 5.00 Å². The monoisotopic (exact) mass is 373 g/mol. The lowest BCUT2D eigenvalue weighted by Crippen LogP contribution is -3.08. The van der Waals surface area contributed by atoms with Crippen LogP contribution in [0.25, 0.3) is 0 Å². The molecule has 5 nitrogen and oxygen atoms in total.